The number of halogens is 2. The highest BCUT2D eigenvalue weighted by Gasteiger charge is 2.58. The summed E-state index contributed by atoms with van der Waals surface area (Å²) in [6.45, 7) is 7.46. The molecule has 7 nitrogen and oxygen atoms in total. The Morgan fingerprint density at radius 2 is 1.62 bits per heavy atom. The minimum absolute atomic E-state index is 0.0924. The van der Waals surface area contributed by atoms with Gasteiger partial charge in [-0.3, -0.25) is 9.69 Å². The molecule has 2 bridgehead atoms. The van der Waals surface area contributed by atoms with Crippen LogP contribution in [0.3, 0.4) is 0 Å². The van der Waals surface area contributed by atoms with E-state index >= 15 is 0 Å². The number of piperidine rings is 1. The molecule has 4 saturated heterocycles. The number of amides is 3. The van der Waals surface area contributed by atoms with E-state index in [0.717, 1.165) is 76.8 Å². The molecule has 0 aromatic heterocycles. The summed E-state index contributed by atoms with van der Waals surface area (Å²) < 4.78 is 33.0. The molecule has 1 N–H and O–H groups in total. The van der Waals surface area contributed by atoms with Gasteiger partial charge in [0.15, 0.2) is 0 Å². The van der Waals surface area contributed by atoms with Crippen molar-refractivity contribution in [3.63, 3.8) is 0 Å². The van der Waals surface area contributed by atoms with Crippen molar-refractivity contribution in [3.8, 4) is 0 Å². The molecule has 5 aliphatic rings. The first-order valence-electron chi connectivity index (χ1n) is 16.3. The van der Waals surface area contributed by atoms with Gasteiger partial charge in [-0.1, -0.05) is 30.3 Å². The van der Waals surface area contributed by atoms with Crippen LogP contribution in [0.1, 0.15) is 96.1 Å². The zero-order valence-electron chi connectivity index (χ0n) is 25.3. The van der Waals surface area contributed by atoms with Crippen molar-refractivity contribution in [2.24, 2.45) is 5.92 Å². The molecular formula is C33H48F2N4O3. The zero-order chi connectivity index (χ0) is 29.5. The molecule has 1 aromatic rings. The fourth-order valence-electron chi connectivity index (χ4n) is 8.84. The van der Waals surface area contributed by atoms with Crippen LogP contribution in [0.2, 0.25) is 0 Å². The van der Waals surface area contributed by atoms with Crippen LogP contribution in [-0.4, -0.2) is 88.6 Å². The molecule has 1 saturated carbocycles. The number of ether oxygens (including phenoxy) is 1. The smallest absolute Gasteiger partial charge is 0.321 e. The predicted octanol–water partition coefficient (Wildman–Crippen LogP) is 5.75. The fraction of sp³-hybridized carbons (Fsp3) is 0.758. The van der Waals surface area contributed by atoms with Crippen LogP contribution in [0.4, 0.5) is 13.6 Å². The number of alkyl halides is 2. The van der Waals surface area contributed by atoms with E-state index in [1.165, 1.54) is 0 Å². The lowest BCUT2D eigenvalue weighted by molar-refractivity contribution is -0.130. The summed E-state index contributed by atoms with van der Waals surface area (Å²) in [6, 6.07) is 11.4. The van der Waals surface area contributed by atoms with Gasteiger partial charge >= 0.3 is 6.03 Å². The van der Waals surface area contributed by atoms with Crippen molar-refractivity contribution in [2.75, 3.05) is 26.3 Å². The van der Waals surface area contributed by atoms with Crippen molar-refractivity contribution >= 4 is 11.9 Å². The summed E-state index contributed by atoms with van der Waals surface area (Å²) in [5, 5.41) is 3.26. The van der Waals surface area contributed by atoms with E-state index in [2.05, 4.69) is 46.0 Å². The van der Waals surface area contributed by atoms with Crippen molar-refractivity contribution in [1.29, 1.82) is 0 Å². The monoisotopic (exact) mass is 586 g/mol. The standard InChI is InChI=1S/C33H48F2N4O3/c1-23(2)39-31(41)38(26-13-18-42-19-14-26)22-32(39)20-27-8-9-28(21-32)37(27)17-12-29(24-6-4-3-5-7-24)36-30(40)25-10-15-33(34,35)16-11-25/h3-7,23,25-29H,8-22H2,1-2H3,(H,36,40)/t27-,28?,29+,32?/m1/s1. The van der Waals surface area contributed by atoms with Crippen molar-refractivity contribution < 1.29 is 23.1 Å². The third-order valence-electron chi connectivity index (χ3n) is 10.9. The average Bonchev–Trinajstić information content (AvgIpc) is 3.40. The number of nitrogens with zero attached hydrogens (tertiary/aromatic N) is 3. The third kappa shape index (κ3) is 5.92. The van der Waals surface area contributed by atoms with Gasteiger partial charge in [-0.05, 0) is 77.2 Å². The number of carbonyl (C=O) groups excluding carboxylic acids is 2. The molecule has 2 unspecified atom stereocenters. The molecule has 0 radical (unpaired) electrons. The Morgan fingerprint density at radius 3 is 2.24 bits per heavy atom. The molecule has 1 aromatic carbocycles. The Balaban J connectivity index is 1.13. The number of nitrogens with one attached hydrogen (secondary N) is 1. The van der Waals surface area contributed by atoms with E-state index in [-0.39, 0.29) is 67.2 Å². The first-order chi connectivity index (χ1) is 20.2. The largest absolute Gasteiger partial charge is 0.381 e. The number of hydrogen-bond donors (Lipinski definition) is 1. The van der Waals surface area contributed by atoms with Crippen LogP contribution in [0.25, 0.3) is 0 Å². The molecule has 9 heteroatoms. The molecule has 4 aliphatic heterocycles. The fourth-order valence-corrected chi connectivity index (χ4v) is 8.84. The van der Waals surface area contributed by atoms with Gasteiger partial charge in [-0.25, -0.2) is 13.6 Å². The van der Waals surface area contributed by atoms with Gasteiger partial charge in [0.1, 0.15) is 0 Å². The Morgan fingerprint density at radius 1 is 0.976 bits per heavy atom. The Kier molecular flexibility index (Phi) is 8.53. The molecule has 4 heterocycles. The molecule has 1 spiro atoms. The van der Waals surface area contributed by atoms with Gasteiger partial charge in [-0.15, -0.1) is 0 Å². The minimum Gasteiger partial charge on any atom is -0.381 e. The number of benzene rings is 1. The van der Waals surface area contributed by atoms with Crippen molar-refractivity contribution in [1.82, 2.24) is 20.0 Å². The van der Waals surface area contributed by atoms with Crippen LogP contribution >= 0.6 is 0 Å². The normalized spacial score (nSPS) is 31.3. The molecule has 3 amide bonds. The SMILES string of the molecule is CC(C)N1C(=O)N(C2CCOCC2)CC12CC1CC[C@H](C2)N1CC[C@H](NC(=O)C1CCC(F)(F)CC1)c1ccccc1. The maximum Gasteiger partial charge on any atom is 0.321 e. The van der Waals surface area contributed by atoms with Gasteiger partial charge in [0.05, 0.1) is 11.6 Å². The highest BCUT2D eigenvalue weighted by atomic mass is 19.3. The Hall–Kier alpha value is -2.26. The predicted molar refractivity (Wildman–Crippen MR) is 157 cm³/mol. The second kappa shape index (κ2) is 12.0. The zero-order valence-corrected chi connectivity index (χ0v) is 25.3. The summed E-state index contributed by atoms with van der Waals surface area (Å²) in [5.74, 6) is -3.08. The highest BCUT2D eigenvalue weighted by Crippen LogP contribution is 2.48. The maximum atomic E-state index is 13.8. The first-order valence-corrected chi connectivity index (χ1v) is 16.3. The first kappa shape index (κ1) is 29.8. The van der Waals surface area contributed by atoms with Gasteiger partial charge < -0.3 is 19.9 Å². The number of urea groups is 1. The van der Waals surface area contributed by atoms with Crippen LogP contribution < -0.4 is 5.32 Å². The van der Waals surface area contributed by atoms with E-state index in [0.29, 0.717) is 12.1 Å². The number of carbonyl (C=O) groups is 2. The lowest BCUT2D eigenvalue weighted by Gasteiger charge is -2.49. The van der Waals surface area contributed by atoms with Crippen LogP contribution in [0.5, 0.6) is 0 Å². The molecule has 232 valence electrons. The van der Waals surface area contributed by atoms with Gasteiger partial charge in [-0.2, -0.15) is 0 Å². The highest BCUT2D eigenvalue weighted by molar-refractivity contribution is 5.79. The maximum absolute atomic E-state index is 13.8. The second-order valence-electron chi connectivity index (χ2n) is 13.9. The lowest BCUT2D eigenvalue weighted by Crippen LogP contribution is -2.60. The summed E-state index contributed by atoms with van der Waals surface area (Å²) >= 11 is 0. The number of rotatable bonds is 8. The summed E-state index contributed by atoms with van der Waals surface area (Å²) in [5.41, 5.74) is 0.939. The van der Waals surface area contributed by atoms with Crippen LogP contribution in [-0.2, 0) is 9.53 Å². The third-order valence-corrected chi connectivity index (χ3v) is 10.9. The molecule has 6 rings (SSSR count). The van der Waals surface area contributed by atoms with Crippen molar-refractivity contribution in [2.45, 2.75) is 126 Å². The van der Waals surface area contributed by atoms with Gasteiger partial charge in [0.2, 0.25) is 11.8 Å². The van der Waals surface area contributed by atoms with Gasteiger partial charge in [0.25, 0.3) is 0 Å². The Bertz CT molecular complexity index is 1090. The molecule has 4 atom stereocenters. The van der Waals surface area contributed by atoms with E-state index in [9.17, 15) is 18.4 Å². The van der Waals surface area contributed by atoms with Crippen molar-refractivity contribution in [3.05, 3.63) is 35.9 Å². The molecule has 1 aliphatic carbocycles. The summed E-state index contributed by atoms with van der Waals surface area (Å²) in [7, 11) is 0. The summed E-state index contributed by atoms with van der Waals surface area (Å²) in [6.07, 6.45) is 6.96. The molecular weight excluding hydrogens is 538 g/mol. The van der Waals surface area contributed by atoms with Crippen LogP contribution in [0, 0.1) is 5.92 Å². The number of hydrogen-bond acceptors (Lipinski definition) is 4. The topological polar surface area (TPSA) is 65.1 Å². The molecule has 5 fully saturated rings. The molecule has 42 heavy (non-hydrogen) atoms. The average molecular weight is 587 g/mol. The van der Waals surface area contributed by atoms with E-state index in [1.807, 2.05) is 18.2 Å². The van der Waals surface area contributed by atoms with Crippen LogP contribution in [0.15, 0.2) is 30.3 Å². The van der Waals surface area contributed by atoms with E-state index in [1.54, 1.807) is 0 Å². The second-order valence-corrected chi connectivity index (χ2v) is 13.9. The van der Waals surface area contributed by atoms with E-state index in [4.69, 9.17) is 4.74 Å². The quantitative estimate of drug-likeness (QED) is 0.421. The summed E-state index contributed by atoms with van der Waals surface area (Å²) in [4.78, 5) is 34.0. The minimum atomic E-state index is -2.64. The van der Waals surface area contributed by atoms with E-state index < -0.39 is 5.92 Å². The lowest BCUT2D eigenvalue weighted by atomic mass is 9.81. The van der Waals surface area contributed by atoms with Gasteiger partial charge in [0, 0.05) is 69.2 Å². The number of fused-ring (bicyclic) bond motifs is 2. The Labute approximate surface area is 249 Å².